The summed E-state index contributed by atoms with van der Waals surface area (Å²) < 4.78 is 0. The van der Waals surface area contributed by atoms with Crippen LogP contribution in [0.1, 0.15) is 19.4 Å². The summed E-state index contributed by atoms with van der Waals surface area (Å²) in [7, 11) is 0. The van der Waals surface area contributed by atoms with Crippen molar-refractivity contribution < 1.29 is 5.11 Å². The Balaban J connectivity index is 1.65. The zero-order chi connectivity index (χ0) is 14.9. The van der Waals surface area contributed by atoms with E-state index in [0.717, 1.165) is 39.3 Å². The molecular weight excluding hydrogens is 262 g/mol. The lowest BCUT2D eigenvalue weighted by Crippen LogP contribution is -2.62. The fourth-order valence-corrected chi connectivity index (χ4v) is 3.63. The molecule has 4 heteroatoms. The van der Waals surface area contributed by atoms with Crippen molar-refractivity contribution in [2.75, 3.05) is 32.7 Å². The maximum Gasteiger partial charge on any atom is 0.0831 e. The number of benzene rings is 1. The van der Waals surface area contributed by atoms with Crippen molar-refractivity contribution in [3.63, 3.8) is 0 Å². The first-order chi connectivity index (χ1) is 10.1. The molecule has 2 heterocycles. The van der Waals surface area contributed by atoms with Crippen molar-refractivity contribution in [1.29, 1.82) is 0 Å². The second kappa shape index (κ2) is 6.05. The van der Waals surface area contributed by atoms with Crippen LogP contribution in [0.3, 0.4) is 0 Å². The molecule has 0 radical (unpaired) electrons. The lowest BCUT2D eigenvalue weighted by atomic mass is 9.96. The topological polar surface area (TPSA) is 38.7 Å². The molecule has 0 spiro atoms. The van der Waals surface area contributed by atoms with Gasteiger partial charge in [-0.25, -0.2) is 0 Å². The number of hydrogen-bond donors (Lipinski definition) is 2. The second-order valence-electron chi connectivity index (χ2n) is 6.98. The SMILES string of the molecule is CC1(C)CN(C2CNCC2O)CCN1Cc1ccccc1. The van der Waals surface area contributed by atoms with Crippen molar-refractivity contribution in [2.45, 2.75) is 38.1 Å². The number of β-amino-alcohol motifs (C(OH)–C–C–N with tert-alkyl or cyclic N) is 1. The Morgan fingerprint density at radius 2 is 1.95 bits per heavy atom. The normalized spacial score (nSPS) is 30.6. The molecule has 3 rings (SSSR count). The van der Waals surface area contributed by atoms with Crippen LogP contribution < -0.4 is 5.32 Å². The first-order valence-corrected chi connectivity index (χ1v) is 7.98. The number of rotatable bonds is 3. The van der Waals surface area contributed by atoms with Crippen LogP contribution in [0.25, 0.3) is 0 Å². The highest BCUT2D eigenvalue weighted by Crippen LogP contribution is 2.25. The molecule has 2 atom stereocenters. The van der Waals surface area contributed by atoms with E-state index in [-0.39, 0.29) is 17.7 Å². The van der Waals surface area contributed by atoms with Crippen LogP contribution in [0.2, 0.25) is 0 Å². The molecule has 21 heavy (non-hydrogen) atoms. The van der Waals surface area contributed by atoms with E-state index in [1.807, 2.05) is 0 Å². The molecule has 2 aliphatic rings. The number of aliphatic hydroxyl groups is 1. The zero-order valence-electron chi connectivity index (χ0n) is 13.1. The van der Waals surface area contributed by atoms with Crippen molar-refractivity contribution in [3.05, 3.63) is 35.9 Å². The average molecular weight is 289 g/mol. The highest BCUT2D eigenvalue weighted by atomic mass is 16.3. The van der Waals surface area contributed by atoms with E-state index < -0.39 is 0 Å². The van der Waals surface area contributed by atoms with Gasteiger partial charge in [0.2, 0.25) is 0 Å². The fourth-order valence-electron chi connectivity index (χ4n) is 3.63. The fraction of sp³-hybridized carbons (Fsp3) is 0.647. The third-order valence-corrected chi connectivity index (χ3v) is 4.94. The molecule has 116 valence electrons. The van der Waals surface area contributed by atoms with Gasteiger partial charge < -0.3 is 10.4 Å². The van der Waals surface area contributed by atoms with Crippen LogP contribution in [0.15, 0.2) is 30.3 Å². The van der Waals surface area contributed by atoms with Gasteiger partial charge in [0.25, 0.3) is 0 Å². The van der Waals surface area contributed by atoms with Gasteiger partial charge in [0.15, 0.2) is 0 Å². The van der Waals surface area contributed by atoms with Gasteiger partial charge in [0.05, 0.1) is 6.10 Å². The number of nitrogens with one attached hydrogen (secondary N) is 1. The Morgan fingerprint density at radius 1 is 1.19 bits per heavy atom. The summed E-state index contributed by atoms with van der Waals surface area (Å²) in [5.74, 6) is 0. The Morgan fingerprint density at radius 3 is 2.57 bits per heavy atom. The maximum absolute atomic E-state index is 10.1. The number of nitrogens with zero attached hydrogens (tertiary/aromatic N) is 2. The third kappa shape index (κ3) is 3.29. The molecule has 1 aromatic carbocycles. The largest absolute Gasteiger partial charge is 0.390 e. The van der Waals surface area contributed by atoms with E-state index in [0.29, 0.717) is 0 Å². The van der Waals surface area contributed by atoms with Crippen LogP contribution in [-0.2, 0) is 6.54 Å². The lowest BCUT2D eigenvalue weighted by molar-refractivity contribution is -0.0239. The Hall–Kier alpha value is -0.940. The minimum absolute atomic E-state index is 0.135. The maximum atomic E-state index is 10.1. The highest BCUT2D eigenvalue weighted by molar-refractivity contribution is 5.15. The zero-order valence-corrected chi connectivity index (χ0v) is 13.1. The summed E-state index contributed by atoms with van der Waals surface area (Å²) in [5, 5.41) is 13.4. The predicted octanol–water partition coefficient (Wildman–Crippen LogP) is 0.916. The molecule has 0 amide bonds. The molecule has 0 saturated carbocycles. The van der Waals surface area contributed by atoms with Crippen LogP contribution in [-0.4, -0.2) is 65.3 Å². The molecule has 2 saturated heterocycles. The molecule has 0 aliphatic carbocycles. The van der Waals surface area contributed by atoms with Gasteiger partial charge >= 0.3 is 0 Å². The molecule has 2 unspecified atom stereocenters. The van der Waals surface area contributed by atoms with E-state index >= 15 is 0 Å². The van der Waals surface area contributed by atoms with Gasteiger partial charge in [-0.3, -0.25) is 9.80 Å². The molecule has 2 N–H and O–H groups in total. The quantitative estimate of drug-likeness (QED) is 0.868. The Bertz CT molecular complexity index is 462. The van der Waals surface area contributed by atoms with E-state index in [1.54, 1.807) is 0 Å². The van der Waals surface area contributed by atoms with Gasteiger partial charge in [0, 0.05) is 50.8 Å². The average Bonchev–Trinajstić information content (AvgIpc) is 2.88. The minimum atomic E-state index is -0.221. The predicted molar refractivity (Wildman–Crippen MR) is 85.2 cm³/mol. The molecule has 2 aliphatic heterocycles. The highest BCUT2D eigenvalue weighted by Gasteiger charge is 2.39. The van der Waals surface area contributed by atoms with E-state index in [4.69, 9.17) is 0 Å². The molecule has 0 aromatic heterocycles. The molecule has 4 nitrogen and oxygen atoms in total. The smallest absolute Gasteiger partial charge is 0.0831 e. The van der Waals surface area contributed by atoms with E-state index in [2.05, 4.69) is 59.3 Å². The number of piperazine rings is 1. The minimum Gasteiger partial charge on any atom is -0.390 e. The van der Waals surface area contributed by atoms with Gasteiger partial charge in [-0.05, 0) is 19.4 Å². The van der Waals surface area contributed by atoms with Crippen molar-refractivity contribution >= 4 is 0 Å². The summed E-state index contributed by atoms with van der Waals surface area (Å²) in [4.78, 5) is 5.03. The van der Waals surface area contributed by atoms with Crippen molar-refractivity contribution in [1.82, 2.24) is 15.1 Å². The second-order valence-corrected chi connectivity index (χ2v) is 6.98. The number of hydrogen-bond acceptors (Lipinski definition) is 4. The summed E-state index contributed by atoms with van der Waals surface area (Å²) in [6.07, 6.45) is -0.221. The van der Waals surface area contributed by atoms with Crippen LogP contribution in [0.5, 0.6) is 0 Å². The first-order valence-electron chi connectivity index (χ1n) is 7.98. The van der Waals surface area contributed by atoms with E-state index in [9.17, 15) is 5.11 Å². The standard InChI is InChI=1S/C17H27N3O/c1-17(2)13-19(15-10-18-11-16(15)21)8-9-20(17)12-14-6-4-3-5-7-14/h3-7,15-16,18,21H,8-13H2,1-2H3. The van der Waals surface area contributed by atoms with Crippen LogP contribution >= 0.6 is 0 Å². The van der Waals surface area contributed by atoms with Crippen LogP contribution in [0, 0.1) is 0 Å². The van der Waals surface area contributed by atoms with Crippen LogP contribution in [0.4, 0.5) is 0 Å². The van der Waals surface area contributed by atoms with Crippen molar-refractivity contribution in [2.24, 2.45) is 0 Å². The first kappa shape index (κ1) is 15.0. The molecule has 2 fully saturated rings. The third-order valence-electron chi connectivity index (χ3n) is 4.94. The monoisotopic (exact) mass is 289 g/mol. The molecule has 1 aromatic rings. The van der Waals surface area contributed by atoms with Gasteiger partial charge in [-0.2, -0.15) is 0 Å². The Labute approximate surface area is 127 Å². The van der Waals surface area contributed by atoms with Crippen molar-refractivity contribution in [3.8, 4) is 0 Å². The van der Waals surface area contributed by atoms with Gasteiger partial charge in [-0.15, -0.1) is 0 Å². The summed E-state index contributed by atoms with van der Waals surface area (Å²) in [5.41, 5.74) is 1.51. The van der Waals surface area contributed by atoms with Gasteiger partial charge in [0.1, 0.15) is 0 Å². The Kier molecular flexibility index (Phi) is 4.31. The van der Waals surface area contributed by atoms with Gasteiger partial charge in [-0.1, -0.05) is 30.3 Å². The summed E-state index contributed by atoms with van der Waals surface area (Å²) in [6.45, 7) is 10.4. The molecule has 0 bridgehead atoms. The molecular formula is C17H27N3O. The number of aliphatic hydroxyl groups excluding tert-OH is 1. The summed E-state index contributed by atoms with van der Waals surface area (Å²) >= 11 is 0. The lowest BCUT2D eigenvalue weighted by Gasteiger charge is -2.49. The summed E-state index contributed by atoms with van der Waals surface area (Å²) in [6, 6.07) is 11.0. The van der Waals surface area contributed by atoms with E-state index in [1.165, 1.54) is 5.56 Å².